The second-order valence-corrected chi connectivity index (χ2v) is 6.67. The van der Waals surface area contributed by atoms with Crippen molar-refractivity contribution in [2.24, 2.45) is 11.7 Å². The molecular weight excluding hydrogens is 380 g/mol. The highest BCUT2D eigenvalue weighted by Crippen LogP contribution is 2.05. The molecule has 0 saturated carbocycles. The molecule has 0 fully saturated rings. The number of hydrogen-bond acceptors (Lipinski definition) is 8. The molecule has 0 aliphatic carbocycles. The van der Waals surface area contributed by atoms with Gasteiger partial charge in [0.05, 0.1) is 19.3 Å². The summed E-state index contributed by atoms with van der Waals surface area (Å²) in [5.74, 6) is -3.83. The van der Waals surface area contributed by atoms with Crippen LogP contribution in [-0.4, -0.2) is 82.1 Å². The third-order valence-corrected chi connectivity index (χ3v) is 3.88. The lowest BCUT2D eigenvalue weighted by Gasteiger charge is -2.23. The second kappa shape index (κ2) is 12.5. The number of hydrogen-bond donors (Lipinski definition) is 8. The number of nitrogens with two attached hydrogens (primary N) is 1. The van der Waals surface area contributed by atoms with E-state index in [1.807, 2.05) is 0 Å². The van der Waals surface area contributed by atoms with Crippen LogP contribution >= 0.6 is 12.6 Å². The smallest absolute Gasteiger partial charge is 0.326 e. The third kappa shape index (κ3) is 9.04. The number of aliphatic hydroxyl groups excluding tert-OH is 2. The van der Waals surface area contributed by atoms with Crippen LogP contribution in [0.3, 0.4) is 0 Å². The molecule has 0 bridgehead atoms. The van der Waals surface area contributed by atoms with Crippen LogP contribution < -0.4 is 21.7 Å². The summed E-state index contributed by atoms with van der Waals surface area (Å²) < 4.78 is 0. The highest BCUT2D eigenvalue weighted by Gasteiger charge is 2.29. The molecule has 0 rings (SSSR count). The Kier molecular flexibility index (Phi) is 11.6. The first-order chi connectivity index (χ1) is 12.6. The number of carboxylic acid groups (broad SMARTS) is 1. The predicted octanol–water partition coefficient (Wildman–Crippen LogP) is -3.19. The molecule has 27 heavy (non-hydrogen) atoms. The molecule has 4 unspecified atom stereocenters. The molecule has 0 spiro atoms. The van der Waals surface area contributed by atoms with Crippen molar-refractivity contribution in [1.29, 1.82) is 0 Å². The summed E-state index contributed by atoms with van der Waals surface area (Å²) in [7, 11) is 0. The maximum atomic E-state index is 12.2. The second-order valence-electron chi connectivity index (χ2n) is 6.31. The Hall–Kier alpha value is -1.89. The molecule has 0 aromatic rings. The van der Waals surface area contributed by atoms with E-state index in [0.717, 1.165) is 0 Å². The molecular formula is C15H28N4O7S. The van der Waals surface area contributed by atoms with Crippen molar-refractivity contribution in [3.8, 4) is 0 Å². The summed E-state index contributed by atoms with van der Waals surface area (Å²) in [4.78, 5) is 47.2. The summed E-state index contributed by atoms with van der Waals surface area (Å²) in [6.07, 6.45) is 0.157. The summed E-state index contributed by atoms with van der Waals surface area (Å²) >= 11 is 3.84. The Bertz CT molecular complexity index is 532. The molecule has 0 radical (unpaired) electrons. The molecule has 8 N–H and O–H groups in total. The van der Waals surface area contributed by atoms with Crippen molar-refractivity contribution in [2.75, 3.05) is 19.0 Å². The first-order valence-corrected chi connectivity index (χ1v) is 8.92. The van der Waals surface area contributed by atoms with Gasteiger partial charge in [0, 0.05) is 5.75 Å². The van der Waals surface area contributed by atoms with Crippen LogP contribution in [0, 0.1) is 5.92 Å². The number of carboxylic acids is 1. The molecule has 0 aromatic heterocycles. The Balaban J connectivity index is 4.96. The summed E-state index contributed by atoms with van der Waals surface area (Å²) in [5.41, 5.74) is 5.46. The van der Waals surface area contributed by atoms with Crippen LogP contribution in [-0.2, 0) is 19.2 Å². The van der Waals surface area contributed by atoms with Gasteiger partial charge in [-0.2, -0.15) is 12.6 Å². The Labute approximate surface area is 162 Å². The van der Waals surface area contributed by atoms with Gasteiger partial charge in [-0.05, 0) is 12.3 Å². The number of thiol groups is 1. The highest BCUT2D eigenvalue weighted by molar-refractivity contribution is 7.80. The van der Waals surface area contributed by atoms with Gasteiger partial charge < -0.3 is 37.0 Å². The topological polar surface area (TPSA) is 191 Å². The third-order valence-electron chi connectivity index (χ3n) is 3.49. The summed E-state index contributed by atoms with van der Waals surface area (Å²) in [5, 5.41) is 34.3. The lowest BCUT2D eigenvalue weighted by Crippen LogP contribution is -2.59. The van der Waals surface area contributed by atoms with Crippen molar-refractivity contribution in [3.63, 3.8) is 0 Å². The Morgan fingerprint density at radius 3 is 1.63 bits per heavy atom. The van der Waals surface area contributed by atoms with Crippen molar-refractivity contribution in [2.45, 2.75) is 44.4 Å². The van der Waals surface area contributed by atoms with Gasteiger partial charge in [-0.1, -0.05) is 13.8 Å². The minimum Gasteiger partial charge on any atom is -0.480 e. The average molecular weight is 408 g/mol. The van der Waals surface area contributed by atoms with Crippen molar-refractivity contribution in [3.05, 3.63) is 0 Å². The van der Waals surface area contributed by atoms with Gasteiger partial charge in [0.25, 0.3) is 0 Å². The number of aliphatic hydroxyl groups is 2. The monoisotopic (exact) mass is 408 g/mol. The molecule has 0 aromatic carbocycles. The zero-order valence-electron chi connectivity index (χ0n) is 15.2. The van der Waals surface area contributed by atoms with E-state index in [9.17, 15) is 29.4 Å². The number of aliphatic carboxylic acids is 1. The lowest BCUT2D eigenvalue weighted by atomic mass is 10.0. The molecule has 156 valence electrons. The van der Waals surface area contributed by atoms with E-state index in [0.29, 0.717) is 0 Å². The zero-order valence-corrected chi connectivity index (χ0v) is 16.1. The van der Waals surface area contributed by atoms with E-state index in [1.165, 1.54) is 0 Å². The van der Waals surface area contributed by atoms with Crippen molar-refractivity contribution < 1.29 is 34.5 Å². The number of carbonyl (C=O) groups excluding carboxylic acids is 3. The van der Waals surface area contributed by atoms with Gasteiger partial charge in [-0.15, -0.1) is 0 Å². The van der Waals surface area contributed by atoms with Crippen LogP contribution in [0.2, 0.25) is 0 Å². The molecule has 0 saturated heterocycles. The van der Waals surface area contributed by atoms with E-state index in [1.54, 1.807) is 13.8 Å². The average Bonchev–Trinajstić information content (AvgIpc) is 2.61. The van der Waals surface area contributed by atoms with Gasteiger partial charge in [0.15, 0.2) is 0 Å². The van der Waals surface area contributed by atoms with Gasteiger partial charge in [-0.25, -0.2) is 4.79 Å². The van der Waals surface area contributed by atoms with Gasteiger partial charge >= 0.3 is 5.97 Å². The molecule has 0 aliphatic rings. The van der Waals surface area contributed by atoms with Crippen molar-refractivity contribution in [1.82, 2.24) is 16.0 Å². The quantitative estimate of drug-likeness (QED) is 0.155. The van der Waals surface area contributed by atoms with E-state index in [2.05, 4.69) is 28.6 Å². The first kappa shape index (κ1) is 25.1. The number of amides is 3. The van der Waals surface area contributed by atoms with Crippen LogP contribution in [0.5, 0.6) is 0 Å². The van der Waals surface area contributed by atoms with Crippen LogP contribution in [0.4, 0.5) is 0 Å². The molecule has 3 amide bonds. The lowest BCUT2D eigenvalue weighted by molar-refractivity contribution is -0.143. The van der Waals surface area contributed by atoms with Crippen LogP contribution in [0.25, 0.3) is 0 Å². The maximum Gasteiger partial charge on any atom is 0.326 e. The van der Waals surface area contributed by atoms with Gasteiger partial charge in [-0.3, -0.25) is 14.4 Å². The Morgan fingerprint density at radius 1 is 0.889 bits per heavy atom. The first-order valence-electron chi connectivity index (χ1n) is 8.29. The van der Waals surface area contributed by atoms with E-state index < -0.39 is 61.1 Å². The fourth-order valence-electron chi connectivity index (χ4n) is 1.99. The number of rotatable bonds is 12. The van der Waals surface area contributed by atoms with Crippen molar-refractivity contribution >= 4 is 36.3 Å². The normalized spacial score (nSPS) is 15.4. The molecule has 0 heterocycles. The minimum absolute atomic E-state index is 0.0136. The van der Waals surface area contributed by atoms with Crippen LogP contribution in [0.1, 0.15) is 20.3 Å². The standard InChI is InChI=1S/C15H28N4O7S/c1-7(2)3-9(15(25)26)17-13(23)11(5-21)19-14(24)10(4-20)18-12(22)8(16)6-27/h7-11,20-21,27H,3-6,16H2,1-2H3,(H,17,23)(H,18,22)(H,19,24)(H,25,26). The largest absolute Gasteiger partial charge is 0.480 e. The fourth-order valence-corrected chi connectivity index (χ4v) is 2.15. The maximum absolute atomic E-state index is 12.2. The van der Waals surface area contributed by atoms with Crippen LogP contribution in [0.15, 0.2) is 0 Å². The van der Waals surface area contributed by atoms with Gasteiger partial charge in [0.1, 0.15) is 18.1 Å². The molecule has 11 nitrogen and oxygen atoms in total. The molecule has 0 aliphatic heterocycles. The Morgan fingerprint density at radius 2 is 1.30 bits per heavy atom. The fraction of sp³-hybridized carbons (Fsp3) is 0.733. The van der Waals surface area contributed by atoms with E-state index in [4.69, 9.17) is 10.8 Å². The SMILES string of the molecule is CC(C)CC(NC(=O)C(CO)NC(=O)C(CO)NC(=O)C(N)CS)C(=O)O. The minimum atomic E-state index is -1.46. The summed E-state index contributed by atoms with van der Waals surface area (Å²) in [6, 6.07) is -5.06. The number of nitrogens with one attached hydrogen (secondary N) is 3. The van der Waals surface area contributed by atoms with Gasteiger partial charge in [0.2, 0.25) is 17.7 Å². The summed E-state index contributed by atoms with van der Waals surface area (Å²) in [6.45, 7) is 1.96. The highest BCUT2D eigenvalue weighted by atomic mass is 32.1. The zero-order chi connectivity index (χ0) is 21.1. The molecule has 4 atom stereocenters. The van der Waals surface area contributed by atoms with E-state index in [-0.39, 0.29) is 18.1 Å². The van der Waals surface area contributed by atoms with E-state index >= 15 is 0 Å². The predicted molar refractivity (Wildman–Crippen MR) is 98.9 cm³/mol. The number of carbonyl (C=O) groups is 4. The molecule has 12 heteroatoms.